The van der Waals surface area contributed by atoms with Crippen LogP contribution in [0.15, 0.2) is 24.3 Å². The van der Waals surface area contributed by atoms with E-state index in [0.29, 0.717) is 0 Å². The van der Waals surface area contributed by atoms with Gasteiger partial charge in [0.25, 0.3) is 0 Å². The first-order chi connectivity index (χ1) is 9.01. The van der Waals surface area contributed by atoms with E-state index < -0.39 is 0 Å². The highest BCUT2D eigenvalue weighted by molar-refractivity contribution is 5.26. The summed E-state index contributed by atoms with van der Waals surface area (Å²) in [4.78, 5) is 2.46. The molecule has 106 valence electrons. The molecule has 19 heavy (non-hydrogen) atoms. The van der Waals surface area contributed by atoms with E-state index in [0.717, 1.165) is 19.5 Å². The molecule has 1 aliphatic heterocycles. The van der Waals surface area contributed by atoms with Crippen LogP contribution in [0.4, 0.5) is 0 Å². The van der Waals surface area contributed by atoms with Crippen molar-refractivity contribution >= 4 is 0 Å². The molecule has 0 spiro atoms. The first-order valence-electron chi connectivity index (χ1n) is 7.49. The van der Waals surface area contributed by atoms with Gasteiger partial charge in [0.2, 0.25) is 0 Å². The molecular formula is C17H27NO. The Kier molecular flexibility index (Phi) is 4.64. The summed E-state index contributed by atoms with van der Waals surface area (Å²) in [5.41, 5.74) is 2.40. The molecule has 0 aromatic heterocycles. The van der Waals surface area contributed by atoms with Gasteiger partial charge in [0, 0.05) is 12.0 Å². The molecule has 2 rings (SSSR count). The smallest absolute Gasteiger partial charge is 0.0758 e. The molecule has 1 unspecified atom stereocenters. The zero-order chi connectivity index (χ0) is 13.9. The molecule has 1 heterocycles. The zero-order valence-electron chi connectivity index (χ0n) is 12.5. The quantitative estimate of drug-likeness (QED) is 0.900. The molecule has 1 aliphatic rings. The minimum absolute atomic E-state index is 0.136. The monoisotopic (exact) mass is 261 g/mol. The van der Waals surface area contributed by atoms with Gasteiger partial charge in [-0.15, -0.1) is 0 Å². The number of piperidine rings is 1. The number of aliphatic hydroxyl groups excluding tert-OH is 1. The molecule has 0 saturated carbocycles. The zero-order valence-corrected chi connectivity index (χ0v) is 12.5. The fourth-order valence-electron chi connectivity index (χ4n) is 2.98. The van der Waals surface area contributed by atoms with Crippen molar-refractivity contribution < 1.29 is 5.11 Å². The van der Waals surface area contributed by atoms with Crippen LogP contribution in [0.1, 0.15) is 44.2 Å². The van der Waals surface area contributed by atoms with Gasteiger partial charge < -0.3 is 5.11 Å². The van der Waals surface area contributed by atoms with Crippen LogP contribution in [0.3, 0.4) is 0 Å². The maximum atomic E-state index is 10.7. The first-order valence-corrected chi connectivity index (χ1v) is 7.49. The van der Waals surface area contributed by atoms with E-state index in [2.05, 4.69) is 49.9 Å². The van der Waals surface area contributed by atoms with E-state index in [-0.39, 0.29) is 11.6 Å². The van der Waals surface area contributed by atoms with Gasteiger partial charge in [-0.3, -0.25) is 4.90 Å². The SMILES string of the molecule is Cc1ccccc1CC(O)C(C)(C)N1CCCCC1. The van der Waals surface area contributed by atoms with Crippen molar-refractivity contribution in [1.29, 1.82) is 0 Å². The summed E-state index contributed by atoms with van der Waals surface area (Å²) in [6.07, 6.45) is 4.30. The fourth-order valence-corrected chi connectivity index (χ4v) is 2.98. The molecule has 1 N–H and O–H groups in total. The number of hydrogen-bond donors (Lipinski definition) is 1. The number of nitrogens with zero attached hydrogens (tertiary/aromatic N) is 1. The fraction of sp³-hybridized carbons (Fsp3) is 0.647. The van der Waals surface area contributed by atoms with Gasteiger partial charge in [-0.25, -0.2) is 0 Å². The van der Waals surface area contributed by atoms with Crippen molar-refractivity contribution in [1.82, 2.24) is 4.90 Å². The van der Waals surface area contributed by atoms with Crippen LogP contribution in [0.25, 0.3) is 0 Å². The largest absolute Gasteiger partial charge is 0.391 e. The van der Waals surface area contributed by atoms with E-state index in [1.807, 2.05) is 0 Å². The van der Waals surface area contributed by atoms with E-state index in [1.165, 1.54) is 30.4 Å². The highest BCUT2D eigenvalue weighted by Gasteiger charge is 2.34. The molecule has 2 nitrogen and oxygen atoms in total. The second kappa shape index (κ2) is 6.06. The van der Waals surface area contributed by atoms with Crippen molar-refractivity contribution in [2.24, 2.45) is 0 Å². The number of benzene rings is 1. The molecule has 0 amide bonds. The van der Waals surface area contributed by atoms with Crippen LogP contribution >= 0.6 is 0 Å². The summed E-state index contributed by atoms with van der Waals surface area (Å²) in [5.74, 6) is 0. The topological polar surface area (TPSA) is 23.5 Å². The molecule has 2 heteroatoms. The van der Waals surface area contributed by atoms with Gasteiger partial charge in [0.1, 0.15) is 0 Å². The highest BCUT2D eigenvalue weighted by Crippen LogP contribution is 2.26. The molecule has 1 aromatic rings. The normalized spacial score (nSPS) is 19.4. The molecule has 1 aromatic carbocycles. The summed E-state index contributed by atoms with van der Waals surface area (Å²) in [6, 6.07) is 8.37. The Balaban J connectivity index is 2.05. The average molecular weight is 261 g/mol. The van der Waals surface area contributed by atoms with Crippen LogP contribution in [-0.4, -0.2) is 34.7 Å². The lowest BCUT2D eigenvalue weighted by atomic mass is 9.87. The molecular weight excluding hydrogens is 234 g/mol. The molecule has 1 saturated heterocycles. The van der Waals surface area contributed by atoms with Crippen molar-refractivity contribution in [3.8, 4) is 0 Å². The summed E-state index contributed by atoms with van der Waals surface area (Å²) in [5, 5.41) is 10.7. The molecule has 1 fully saturated rings. The predicted molar refractivity (Wildman–Crippen MR) is 80.4 cm³/mol. The Hall–Kier alpha value is -0.860. The van der Waals surface area contributed by atoms with Crippen molar-refractivity contribution in [3.63, 3.8) is 0 Å². The lowest BCUT2D eigenvalue weighted by Crippen LogP contribution is -2.54. The first kappa shape index (κ1) is 14.5. The second-order valence-corrected chi connectivity index (χ2v) is 6.35. The van der Waals surface area contributed by atoms with Crippen LogP contribution in [0, 0.1) is 6.92 Å². The Labute approximate surface area is 117 Å². The number of rotatable bonds is 4. The Bertz CT molecular complexity index is 407. The lowest BCUT2D eigenvalue weighted by Gasteiger charge is -2.44. The second-order valence-electron chi connectivity index (χ2n) is 6.35. The van der Waals surface area contributed by atoms with Crippen LogP contribution in [-0.2, 0) is 6.42 Å². The third-order valence-corrected chi connectivity index (χ3v) is 4.66. The third-order valence-electron chi connectivity index (χ3n) is 4.66. The van der Waals surface area contributed by atoms with Crippen LogP contribution < -0.4 is 0 Å². The van der Waals surface area contributed by atoms with Crippen molar-refractivity contribution in [2.75, 3.05) is 13.1 Å². The Morgan fingerprint density at radius 1 is 1.16 bits per heavy atom. The van der Waals surface area contributed by atoms with Gasteiger partial charge in [0.05, 0.1) is 6.10 Å². The van der Waals surface area contributed by atoms with E-state index in [4.69, 9.17) is 0 Å². The van der Waals surface area contributed by atoms with Gasteiger partial charge in [-0.05, 0) is 57.8 Å². The Morgan fingerprint density at radius 3 is 2.42 bits per heavy atom. The number of aryl methyl sites for hydroxylation is 1. The van der Waals surface area contributed by atoms with E-state index in [9.17, 15) is 5.11 Å². The summed E-state index contributed by atoms with van der Waals surface area (Å²) >= 11 is 0. The predicted octanol–water partition coefficient (Wildman–Crippen LogP) is 3.16. The molecule has 0 bridgehead atoms. The number of aliphatic hydroxyl groups is 1. The maximum absolute atomic E-state index is 10.7. The van der Waals surface area contributed by atoms with Crippen LogP contribution in [0.5, 0.6) is 0 Å². The summed E-state index contributed by atoms with van der Waals surface area (Å²) in [6.45, 7) is 8.73. The summed E-state index contributed by atoms with van der Waals surface area (Å²) < 4.78 is 0. The van der Waals surface area contributed by atoms with Gasteiger partial charge in [0.15, 0.2) is 0 Å². The standard InChI is InChI=1S/C17H27NO/c1-14-9-5-6-10-15(14)13-16(19)17(2,3)18-11-7-4-8-12-18/h5-6,9-10,16,19H,4,7-8,11-13H2,1-3H3. The summed E-state index contributed by atoms with van der Waals surface area (Å²) in [7, 11) is 0. The van der Waals surface area contributed by atoms with Crippen molar-refractivity contribution in [3.05, 3.63) is 35.4 Å². The van der Waals surface area contributed by atoms with Crippen molar-refractivity contribution in [2.45, 2.75) is 58.1 Å². The Morgan fingerprint density at radius 2 is 1.79 bits per heavy atom. The minimum atomic E-state index is -0.313. The lowest BCUT2D eigenvalue weighted by molar-refractivity contribution is -0.0187. The number of likely N-dealkylation sites (tertiary alicyclic amines) is 1. The van der Waals surface area contributed by atoms with E-state index >= 15 is 0 Å². The molecule has 0 radical (unpaired) electrons. The van der Waals surface area contributed by atoms with Gasteiger partial charge in [-0.1, -0.05) is 30.7 Å². The van der Waals surface area contributed by atoms with Crippen LogP contribution in [0.2, 0.25) is 0 Å². The minimum Gasteiger partial charge on any atom is -0.391 e. The number of hydrogen-bond acceptors (Lipinski definition) is 2. The van der Waals surface area contributed by atoms with E-state index in [1.54, 1.807) is 0 Å². The highest BCUT2D eigenvalue weighted by atomic mass is 16.3. The third kappa shape index (κ3) is 3.37. The van der Waals surface area contributed by atoms with Gasteiger partial charge >= 0.3 is 0 Å². The maximum Gasteiger partial charge on any atom is 0.0758 e. The van der Waals surface area contributed by atoms with Gasteiger partial charge in [-0.2, -0.15) is 0 Å². The average Bonchev–Trinajstić information content (AvgIpc) is 2.42. The molecule has 0 aliphatic carbocycles. The molecule has 1 atom stereocenters.